The van der Waals surface area contributed by atoms with E-state index in [2.05, 4.69) is 85.6 Å². The third kappa shape index (κ3) is 2.89. The largest absolute Gasteiger partial charge is 0.403 e. The Labute approximate surface area is 134 Å². The van der Waals surface area contributed by atoms with Crippen LogP contribution in [-0.4, -0.2) is 20.9 Å². The topological polar surface area (TPSA) is 21.3 Å². The van der Waals surface area contributed by atoms with Crippen LogP contribution < -0.4 is 5.32 Å². The lowest BCUT2D eigenvalue weighted by Crippen LogP contribution is -2.61. The molecule has 0 aliphatic carbocycles. The molecule has 3 rings (SSSR count). The van der Waals surface area contributed by atoms with E-state index >= 15 is 0 Å². The van der Waals surface area contributed by atoms with Crippen LogP contribution in [0.2, 0.25) is 19.6 Å². The number of benzene rings is 2. The van der Waals surface area contributed by atoms with Crippen molar-refractivity contribution in [2.75, 3.05) is 6.54 Å². The first kappa shape index (κ1) is 15.5. The van der Waals surface area contributed by atoms with Gasteiger partial charge in [-0.3, -0.25) is 0 Å². The summed E-state index contributed by atoms with van der Waals surface area (Å²) in [4.78, 5) is 0. The third-order valence-electron chi connectivity index (χ3n) is 4.19. The van der Waals surface area contributed by atoms with Gasteiger partial charge < -0.3 is 9.74 Å². The summed E-state index contributed by atoms with van der Waals surface area (Å²) in [7, 11) is -1.74. The lowest BCUT2D eigenvalue weighted by atomic mass is 9.76. The monoisotopic (exact) mass is 311 g/mol. The highest BCUT2D eigenvalue weighted by molar-refractivity contribution is 6.69. The molecule has 2 aromatic rings. The Morgan fingerprint density at radius 1 is 0.909 bits per heavy atom. The summed E-state index contributed by atoms with van der Waals surface area (Å²) in [6.07, 6.45) is 1.15. The van der Waals surface area contributed by atoms with Gasteiger partial charge in [0.15, 0.2) is 8.32 Å². The van der Waals surface area contributed by atoms with Crippen molar-refractivity contribution in [2.45, 2.75) is 37.7 Å². The lowest BCUT2D eigenvalue weighted by Gasteiger charge is -2.49. The van der Waals surface area contributed by atoms with Crippen molar-refractivity contribution in [3.8, 4) is 0 Å². The smallest absolute Gasteiger partial charge is 0.185 e. The van der Waals surface area contributed by atoms with Crippen LogP contribution in [0.15, 0.2) is 60.7 Å². The second-order valence-electron chi connectivity index (χ2n) is 6.98. The molecule has 1 aliphatic rings. The van der Waals surface area contributed by atoms with Crippen LogP contribution >= 0.6 is 0 Å². The fraction of sp³-hybridized carbons (Fsp3) is 0.368. The highest BCUT2D eigenvalue weighted by Crippen LogP contribution is 2.42. The lowest BCUT2D eigenvalue weighted by molar-refractivity contribution is 0.0291. The molecule has 1 aliphatic heterocycles. The second kappa shape index (κ2) is 5.99. The molecule has 116 valence electrons. The van der Waals surface area contributed by atoms with Gasteiger partial charge in [-0.05, 0) is 43.7 Å². The van der Waals surface area contributed by atoms with E-state index in [4.69, 9.17) is 4.43 Å². The van der Waals surface area contributed by atoms with E-state index in [1.54, 1.807) is 0 Å². The molecule has 1 atom stereocenters. The Hall–Kier alpha value is -1.42. The number of hydrogen-bond acceptors (Lipinski definition) is 2. The average molecular weight is 312 g/mol. The second-order valence-corrected chi connectivity index (χ2v) is 11.4. The zero-order valence-electron chi connectivity index (χ0n) is 13.7. The Kier molecular flexibility index (Phi) is 4.21. The molecule has 22 heavy (non-hydrogen) atoms. The minimum atomic E-state index is -1.74. The minimum Gasteiger partial charge on any atom is -0.403 e. The Bertz CT molecular complexity index is 563. The van der Waals surface area contributed by atoms with Crippen molar-refractivity contribution < 1.29 is 4.43 Å². The first-order valence-electron chi connectivity index (χ1n) is 8.07. The minimum absolute atomic E-state index is 0.337. The van der Waals surface area contributed by atoms with Crippen molar-refractivity contribution in [3.05, 3.63) is 71.8 Å². The van der Waals surface area contributed by atoms with Crippen LogP contribution in [0.25, 0.3) is 0 Å². The summed E-state index contributed by atoms with van der Waals surface area (Å²) in [5, 5.41) is 3.60. The van der Waals surface area contributed by atoms with E-state index in [0.717, 1.165) is 13.0 Å². The summed E-state index contributed by atoms with van der Waals surface area (Å²) >= 11 is 0. The Morgan fingerprint density at radius 2 is 1.36 bits per heavy atom. The van der Waals surface area contributed by atoms with Crippen molar-refractivity contribution >= 4 is 8.32 Å². The van der Waals surface area contributed by atoms with Gasteiger partial charge in [0.2, 0.25) is 0 Å². The number of nitrogens with one attached hydrogen (secondary N) is 1. The van der Waals surface area contributed by atoms with Crippen molar-refractivity contribution in [1.82, 2.24) is 5.32 Å². The highest BCUT2D eigenvalue weighted by atomic mass is 28.4. The number of hydrogen-bond donors (Lipinski definition) is 1. The molecule has 2 nitrogen and oxygen atoms in total. The molecule has 1 N–H and O–H groups in total. The summed E-state index contributed by atoms with van der Waals surface area (Å²) in [5.74, 6) is 0. The fourth-order valence-corrected chi connectivity index (χ4v) is 4.59. The third-order valence-corrected chi connectivity index (χ3v) is 5.12. The van der Waals surface area contributed by atoms with Crippen molar-refractivity contribution in [1.29, 1.82) is 0 Å². The molecule has 1 unspecified atom stereocenters. The highest BCUT2D eigenvalue weighted by Gasteiger charge is 2.48. The van der Waals surface area contributed by atoms with Gasteiger partial charge in [-0.25, -0.2) is 0 Å². The van der Waals surface area contributed by atoms with E-state index in [0.29, 0.717) is 6.04 Å². The van der Waals surface area contributed by atoms with Gasteiger partial charge in [0, 0.05) is 6.04 Å². The first-order valence-corrected chi connectivity index (χ1v) is 11.5. The van der Waals surface area contributed by atoms with Gasteiger partial charge in [0.1, 0.15) is 5.60 Å². The van der Waals surface area contributed by atoms with Gasteiger partial charge in [-0.1, -0.05) is 60.7 Å². The zero-order chi connectivity index (χ0) is 15.6. The van der Waals surface area contributed by atoms with Crippen molar-refractivity contribution in [3.63, 3.8) is 0 Å². The van der Waals surface area contributed by atoms with Crippen LogP contribution in [-0.2, 0) is 10.0 Å². The molecular weight excluding hydrogens is 286 g/mol. The van der Waals surface area contributed by atoms with Crippen molar-refractivity contribution in [2.24, 2.45) is 0 Å². The summed E-state index contributed by atoms with van der Waals surface area (Å²) in [6.45, 7) is 7.88. The quantitative estimate of drug-likeness (QED) is 0.838. The van der Waals surface area contributed by atoms with Gasteiger partial charge >= 0.3 is 0 Å². The predicted molar refractivity (Wildman–Crippen MR) is 94.5 cm³/mol. The SMILES string of the molecule is C[Si](C)(C)OC(c1ccccc1)(c1ccccc1)C1CCN1. The van der Waals surface area contributed by atoms with E-state index in [9.17, 15) is 0 Å². The van der Waals surface area contributed by atoms with Crippen LogP contribution in [0, 0.1) is 0 Å². The predicted octanol–water partition coefficient (Wildman–Crippen LogP) is 4.14. The summed E-state index contributed by atoms with van der Waals surface area (Å²) < 4.78 is 6.88. The Balaban J connectivity index is 2.18. The molecule has 1 fully saturated rings. The van der Waals surface area contributed by atoms with Crippen LogP contribution in [0.1, 0.15) is 17.5 Å². The van der Waals surface area contributed by atoms with E-state index < -0.39 is 8.32 Å². The van der Waals surface area contributed by atoms with Crippen LogP contribution in [0.5, 0.6) is 0 Å². The normalized spacial score (nSPS) is 18.8. The average Bonchev–Trinajstić information content (AvgIpc) is 2.45. The maximum Gasteiger partial charge on any atom is 0.185 e. The molecule has 0 spiro atoms. The van der Waals surface area contributed by atoms with Crippen LogP contribution in [0.4, 0.5) is 0 Å². The Morgan fingerprint density at radius 3 is 1.68 bits per heavy atom. The molecule has 0 aromatic heterocycles. The fourth-order valence-electron chi connectivity index (χ4n) is 3.25. The van der Waals surface area contributed by atoms with E-state index in [1.165, 1.54) is 11.1 Å². The molecule has 0 bridgehead atoms. The maximum atomic E-state index is 6.88. The van der Waals surface area contributed by atoms with Gasteiger partial charge in [-0.15, -0.1) is 0 Å². The number of rotatable bonds is 5. The van der Waals surface area contributed by atoms with Gasteiger partial charge in [0.25, 0.3) is 0 Å². The molecular formula is C19H25NOSi. The molecule has 0 amide bonds. The van der Waals surface area contributed by atoms with Gasteiger partial charge in [0.05, 0.1) is 0 Å². The molecule has 0 saturated carbocycles. The van der Waals surface area contributed by atoms with E-state index in [-0.39, 0.29) is 5.60 Å². The standard InChI is InChI=1S/C19H25NOSi/c1-22(2,3)21-19(18-14-15-20-18,16-10-6-4-7-11-16)17-12-8-5-9-13-17/h4-13,18,20H,14-15H2,1-3H3. The maximum absolute atomic E-state index is 6.88. The zero-order valence-corrected chi connectivity index (χ0v) is 14.7. The summed E-state index contributed by atoms with van der Waals surface area (Å²) in [5.41, 5.74) is 2.12. The first-order chi connectivity index (χ1) is 10.5. The molecule has 0 radical (unpaired) electrons. The molecule has 1 heterocycles. The molecule has 2 aromatic carbocycles. The van der Waals surface area contributed by atoms with Gasteiger partial charge in [-0.2, -0.15) is 0 Å². The van der Waals surface area contributed by atoms with E-state index in [1.807, 2.05) is 0 Å². The molecule has 1 saturated heterocycles. The molecule has 3 heteroatoms. The summed E-state index contributed by atoms with van der Waals surface area (Å²) in [6, 6.07) is 21.7. The van der Waals surface area contributed by atoms with Crippen LogP contribution in [0.3, 0.4) is 0 Å².